The number of rotatable bonds is 4. The Morgan fingerprint density at radius 3 is 1.97 bits per heavy atom. The molecule has 1 aliphatic heterocycles. The second-order valence-corrected chi connectivity index (χ2v) is 11.9. The molecule has 1 heterocycles. The Balaban J connectivity index is 1.72. The summed E-state index contributed by atoms with van der Waals surface area (Å²) < 4.78 is 30.4. The van der Waals surface area contributed by atoms with Crippen LogP contribution >= 0.6 is 15.9 Å². The zero-order valence-corrected chi connectivity index (χ0v) is 22.2. The molecule has 0 N–H and O–H groups in total. The zero-order chi connectivity index (χ0) is 24.9. The van der Waals surface area contributed by atoms with Gasteiger partial charge in [-0.05, 0) is 70.8 Å². The van der Waals surface area contributed by atoms with Crippen LogP contribution in [0.3, 0.4) is 0 Å². The van der Waals surface area contributed by atoms with Crippen LogP contribution in [0, 0.1) is 6.92 Å². The lowest BCUT2D eigenvalue weighted by molar-refractivity contribution is 0.592. The van der Waals surface area contributed by atoms with E-state index in [-0.39, 0.29) is 0 Å². The minimum atomic E-state index is -3.73. The van der Waals surface area contributed by atoms with Crippen molar-refractivity contribution in [3.05, 3.63) is 119 Å². The molecule has 0 bridgehead atoms. The molecule has 0 amide bonds. The van der Waals surface area contributed by atoms with Gasteiger partial charge in [0.25, 0.3) is 10.0 Å². The first kappa shape index (κ1) is 23.0. The predicted molar refractivity (Wildman–Crippen MR) is 152 cm³/mol. The first-order valence-corrected chi connectivity index (χ1v) is 14.2. The molecule has 5 heteroatoms. The first-order chi connectivity index (χ1) is 17.4. The van der Waals surface area contributed by atoms with E-state index >= 15 is 0 Å². The predicted octanol–water partition coefficient (Wildman–Crippen LogP) is 8.00. The molecule has 0 fully saturated rings. The van der Waals surface area contributed by atoms with Crippen LogP contribution < -0.4 is 4.31 Å². The summed E-state index contributed by atoms with van der Waals surface area (Å²) in [6, 6.07) is 34.0. The summed E-state index contributed by atoms with van der Waals surface area (Å²) in [5.41, 5.74) is 7.33. The summed E-state index contributed by atoms with van der Waals surface area (Å²) >= 11 is 3.64. The number of halogens is 1. The van der Waals surface area contributed by atoms with E-state index in [9.17, 15) is 8.42 Å². The summed E-state index contributed by atoms with van der Waals surface area (Å²) in [5, 5.41) is 1.97. The van der Waals surface area contributed by atoms with Crippen molar-refractivity contribution in [3.8, 4) is 22.3 Å². The molecule has 6 rings (SSSR count). The molecule has 178 valence electrons. The number of anilines is 1. The van der Waals surface area contributed by atoms with Gasteiger partial charge in [0.05, 0.1) is 10.6 Å². The van der Waals surface area contributed by atoms with Gasteiger partial charge in [-0.15, -0.1) is 0 Å². The maximum atomic E-state index is 14.0. The van der Waals surface area contributed by atoms with Gasteiger partial charge in [-0.25, -0.2) is 8.42 Å². The Labute approximate surface area is 220 Å². The third kappa shape index (κ3) is 3.74. The summed E-state index contributed by atoms with van der Waals surface area (Å²) in [5.74, 6) is 0. The fourth-order valence-electron chi connectivity index (χ4n) is 5.26. The highest BCUT2D eigenvalue weighted by molar-refractivity contribution is 9.10. The summed E-state index contributed by atoms with van der Waals surface area (Å²) in [6.45, 7) is 2.37. The van der Waals surface area contributed by atoms with Crippen molar-refractivity contribution in [2.24, 2.45) is 0 Å². The van der Waals surface area contributed by atoms with Gasteiger partial charge in [0, 0.05) is 16.4 Å². The van der Waals surface area contributed by atoms with Crippen molar-refractivity contribution in [2.45, 2.75) is 18.2 Å². The van der Waals surface area contributed by atoms with E-state index in [2.05, 4.69) is 64.5 Å². The molecule has 0 unspecified atom stereocenters. The number of hydrogen-bond acceptors (Lipinski definition) is 2. The molecule has 5 aromatic rings. The summed E-state index contributed by atoms with van der Waals surface area (Å²) in [6.07, 6.45) is 0.646. The SMILES string of the molecule is Cc1ccc(S(=O)(=O)N2CCc3c(-c4ccccc4)c(-c4ccccc4)c4ccc(Br)cc4c32)cc1. The van der Waals surface area contributed by atoms with E-state index in [1.165, 1.54) is 0 Å². The van der Waals surface area contributed by atoms with Crippen LogP contribution in [0.5, 0.6) is 0 Å². The molecular weight excluding hydrogens is 530 g/mol. The first-order valence-electron chi connectivity index (χ1n) is 11.9. The lowest BCUT2D eigenvalue weighted by Gasteiger charge is -2.24. The monoisotopic (exact) mass is 553 g/mol. The zero-order valence-electron chi connectivity index (χ0n) is 19.8. The fraction of sp³-hybridized carbons (Fsp3) is 0.0968. The molecule has 3 nitrogen and oxygen atoms in total. The largest absolute Gasteiger partial charge is 0.265 e. The minimum Gasteiger partial charge on any atom is -0.265 e. The van der Waals surface area contributed by atoms with Crippen LogP contribution in [0.4, 0.5) is 5.69 Å². The van der Waals surface area contributed by atoms with E-state index < -0.39 is 10.0 Å². The highest BCUT2D eigenvalue weighted by atomic mass is 79.9. The van der Waals surface area contributed by atoms with Crippen LogP contribution in [0.2, 0.25) is 0 Å². The van der Waals surface area contributed by atoms with Gasteiger partial charge < -0.3 is 0 Å². The second kappa shape index (κ2) is 8.91. The Morgan fingerprint density at radius 2 is 1.33 bits per heavy atom. The molecule has 0 spiro atoms. The highest BCUT2D eigenvalue weighted by Crippen LogP contribution is 2.50. The van der Waals surface area contributed by atoms with Crippen LogP contribution in [-0.4, -0.2) is 15.0 Å². The van der Waals surface area contributed by atoms with Crippen molar-refractivity contribution in [1.29, 1.82) is 0 Å². The third-order valence-corrected chi connectivity index (χ3v) is 9.20. The molecule has 0 saturated carbocycles. The maximum Gasteiger partial charge on any atom is 0.264 e. The molecular formula is C31H24BrNO2S. The lowest BCUT2D eigenvalue weighted by Crippen LogP contribution is -2.29. The lowest BCUT2D eigenvalue weighted by atomic mass is 9.85. The maximum absolute atomic E-state index is 14.0. The average molecular weight is 555 g/mol. The molecule has 0 radical (unpaired) electrons. The van der Waals surface area contributed by atoms with E-state index in [0.29, 0.717) is 17.9 Å². The van der Waals surface area contributed by atoms with Crippen molar-refractivity contribution in [2.75, 3.05) is 10.8 Å². The van der Waals surface area contributed by atoms with E-state index in [1.807, 2.05) is 49.4 Å². The number of hydrogen-bond donors (Lipinski definition) is 0. The van der Waals surface area contributed by atoms with Gasteiger partial charge in [-0.1, -0.05) is 100 Å². The van der Waals surface area contributed by atoms with Crippen molar-refractivity contribution < 1.29 is 8.42 Å². The van der Waals surface area contributed by atoms with Crippen LogP contribution in [0.1, 0.15) is 11.1 Å². The van der Waals surface area contributed by atoms with Gasteiger partial charge in [-0.3, -0.25) is 4.31 Å². The van der Waals surface area contributed by atoms with Crippen molar-refractivity contribution in [3.63, 3.8) is 0 Å². The Morgan fingerprint density at radius 1 is 0.722 bits per heavy atom. The number of benzene rings is 5. The number of aryl methyl sites for hydroxylation is 1. The van der Waals surface area contributed by atoms with E-state index in [4.69, 9.17) is 0 Å². The average Bonchev–Trinajstić information content (AvgIpc) is 3.35. The van der Waals surface area contributed by atoms with Gasteiger partial charge in [0.1, 0.15) is 0 Å². The fourth-order valence-corrected chi connectivity index (χ4v) is 7.13. The van der Waals surface area contributed by atoms with Gasteiger partial charge in [0.2, 0.25) is 0 Å². The molecule has 5 aromatic carbocycles. The number of fused-ring (bicyclic) bond motifs is 3. The summed E-state index contributed by atoms with van der Waals surface area (Å²) in [7, 11) is -3.73. The normalized spacial score (nSPS) is 13.2. The molecule has 1 aliphatic rings. The Bertz CT molecular complexity index is 1700. The number of nitrogens with zero attached hydrogens (tertiary/aromatic N) is 1. The molecule has 0 saturated heterocycles. The van der Waals surface area contributed by atoms with Crippen LogP contribution in [0.15, 0.2) is 112 Å². The van der Waals surface area contributed by atoms with Crippen LogP contribution in [-0.2, 0) is 16.4 Å². The van der Waals surface area contributed by atoms with Gasteiger partial charge in [-0.2, -0.15) is 0 Å². The van der Waals surface area contributed by atoms with Crippen LogP contribution in [0.25, 0.3) is 33.0 Å². The number of sulfonamides is 1. The van der Waals surface area contributed by atoms with Crippen molar-refractivity contribution >= 4 is 42.4 Å². The van der Waals surface area contributed by atoms with E-state index in [1.54, 1.807) is 16.4 Å². The quantitative estimate of drug-likeness (QED) is 0.226. The minimum absolute atomic E-state index is 0.317. The summed E-state index contributed by atoms with van der Waals surface area (Å²) in [4.78, 5) is 0.317. The molecule has 36 heavy (non-hydrogen) atoms. The molecule has 0 atom stereocenters. The van der Waals surface area contributed by atoms with Crippen molar-refractivity contribution in [1.82, 2.24) is 0 Å². The Kier molecular flexibility index (Phi) is 5.70. The molecule has 0 aliphatic carbocycles. The second-order valence-electron chi connectivity index (χ2n) is 9.14. The Hall–Kier alpha value is -3.41. The highest BCUT2D eigenvalue weighted by Gasteiger charge is 2.35. The molecule has 0 aromatic heterocycles. The van der Waals surface area contributed by atoms with E-state index in [0.717, 1.165) is 54.3 Å². The van der Waals surface area contributed by atoms with Gasteiger partial charge in [0.15, 0.2) is 0 Å². The topological polar surface area (TPSA) is 37.4 Å². The third-order valence-electron chi connectivity index (χ3n) is 6.89. The standard InChI is InChI=1S/C31H24BrNO2S/c1-21-12-15-25(16-13-21)36(34,35)33-19-18-27-30(23-10-6-3-7-11-23)29(22-8-4-2-5-9-22)26-17-14-24(32)20-28(26)31(27)33/h2-17,20H,18-19H2,1H3. The van der Waals surface area contributed by atoms with Gasteiger partial charge >= 0.3 is 0 Å². The smallest absolute Gasteiger partial charge is 0.264 e.